The lowest BCUT2D eigenvalue weighted by atomic mass is 10.1. The number of hydrogen-bond acceptors (Lipinski definition) is 8. The van der Waals surface area contributed by atoms with Gasteiger partial charge in [0.05, 0.1) is 4.90 Å². The first-order chi connectivity index (χ1) is 16.3. The number of rotatable bonds is 6. The predicted molar refractivity (Wildman–Crippen MR) is 129 cm³/mol. The summed E-state index contributed by atoms with van der Waals surface area (Å²) in [4.78, 5) is 12.1. The Balaban J connectivity index is 1.35. The molecule has 2 heterocycles. The third-order valence-electron chi connectivity index (χ3n) is 4.85. The normalized spacial score (nSPS) is 11.5. The molecule has 0 unspecified atom stereocenters. The molecule has 0 atom stereocenters. The van der Waals surface area contributed by atoms with E-state index >= 15 is 0 Å². The topological polar surface area (TPSA) is 130 Å². The van der Waals surface area contributed by atoms with Gasteiger partial charge in [0.1, 0.15) is 11.3 Å². The maximum Gasteiger partial charge on any atom is 0.294 e. The Labute approximate surface area is 199 Å². The number of anilines is 4. The summed E-state index contributed by atoms with van der Waals surface area (Å²) in [5.74, 6) is 1.04. The summed E-state index contributed by atoms with van der Waals surface area (Å²) in [6, 6.07) is 22.9. The quantitative estimate of drug-likeness (QED) is 0.256. The number of aromatic nitrogens is 3. The SMILES string of the molecule is O=S(=O)(O)c1cccc(Nc2nc(Cl)nc(Nc3ccc(-c4cc5ccccc5o4)cc3)n2)c1. The van der Waals surface area contributed by atoms with Crippen molar-refractivity contribution in [2.24, 2.45) is 0 Å². The number of nitrogens with zero attached hydrogens (tertiary/aromatic N) is 3. The van der Waals surface area contributed by atoms with Crippen LogP contribution in [0, 0.1) is 0 Å². The lowest BCUT2D eigenvalue weighted by molar-refractivity contribution is 0.483. The molecule has 3 aromatic carbocycles. The van der Waals surface area contributed by atoms with Crippen LogP contribution < -0.4 is 10.6 Å². The van der Waals surface area contributed by atoms with Crippen molar-refractivity contribution in [3.63, 3.8) is 0 Å². The fraction of sp³-hybridized carbons (Fsp3) is 0. The highest BCUT2D eigenvalue weighted by Crippen LogP contribution is 2.29. The van der Waals surface area contributed by atoms with Gasteiger partial charge in [0.15, 0.2) is 0 Å². The molecule has 3 N–H and O–H groups in total. The van der Waals surface area contributed by atoms with Crippen molar-refractivity contribution in [1.29, 1.82) is 0 Å². The highest BCUT2D eigenvalue weighted by atomic mass is 35.5. The van der Waals surface area contributed by atoms with E-state index in [9.17, 15) is 13.0 Å². The fourth-order valence-corrected chi connectivity index (χ4v) is 3.98. The van der Waals surface area contributed by atoms with Gasteiger partial charge in [0.25, 0.3) is 10.1 Å². The van der Waals surface area contributed by atoms with Crippen molar-refractivity contribution < 1.29 is 17.4 Å². The van der Waals surface area contributed by atoms with Crippen LogP contribution >= 0.6 is 11.6 Å². The first-order valence-corrected chi connectivity index (χ1v) is 11.8. The van der Waals surface area contributed by atoms with E-state index in [0.717, 1.165) is 22.3 Å². The van der Waals surface area contributed by atoms with Crippen molar-refractivity contribution in [3.8, 4) is 11.3 Å². The first-order valence-electron chi connectivity index (χ1n) is 9.96. The van der Waals surface area contributed by atoms with Gasteiger partial charge >= 0.3 is 0 Å². The third-order valence-corrected chi connectivity index (χ3v) is 5.87. The smallest absolute Gasteiger partial charge is 0.294 e. The van der Waals surface area contributed by atoms with Crippen LogP contribution in [0.4, 0.5) is 23.3 Å². The largest absolute Gasteiger partial charge is 0.456 e. The Morgan fingerprint density at radius 1 is 0.794 bits per heavy atom. The fourth-order valence-electron chi connectivity index (χ4n) is 3.30. The number of halogens is 1. The molecule has 9 nitrogen and oxygen atoms in total. The van der Waals surface area contributed by atoms with Crippen LogP contribution in [0.5, 0.6) is 0 Å². The number of hydrogen-bond donors (Lipinski definition) is 3. The molecule has 0 amide bonds. The molecule has 0 spiro atoms. The molecule has 0 bridgehead atoms. The Morgan fingerprint density at radius 3 is 2.21 bits per heavy atom. The highest BCUT2D eigenvalue weighted by Gasteiger charge is 2.12. The second-order valence-electron chi connectivity index (χ2n) is 7.23. The number of fused-ring (bicyclic) bond motifs is 1. The van der Waals surface area contributed by atoms with Gasteiger partial charge in [-0.25, -0.2) is 0 Å². The molecule has 5 rings (SSSR count). The molecule has 34 heavy (non-hydrogen) atoms. The molecule has 11 heteroatoms. The molecule has 0 radical (unpaired) electrons. The summed E-state index contributed by atoms with van der Waals surface area (Å²) < 4.78 is 37.8. The van der Waals surface area contributed by atoms with Crippen LogP contribution in [-0.4, -0.2) is 27.9 Å². The molecular formula is C23H16ClN5O4S. The van der Waals surface area contributed by atoms with Crippen LogP contribution in [0.1, 0.15) is 0 Å². The van der Waals surface area contributed by atoms with E-state index < -0.39 is 10.1 Å². The zero-order chi connectivity index (χ0) is 23.7. The van der Waals surface area contributed by atoms with Gasteiger partial charge in [-0.3, -0.25) is 4.55 Å². The van der Waals surface area contributed by atoms with Gasteiger partial charge in [-0.2, -0.15) is 23.4 Å². The van der Waals surface area contributed by atoms with Crippen molar-refractivity contribution in [2.45, 2.75) is 4.90 Å². The number of para-hydroxylation sites is 1. The van der Waals surface area contributed by atoms with E-state index in [-0.39, 0.29) is 22.1 Å². The zero-order valence-corrected chi connectivity index (χ0v) is 18.9. The standard InChI is InChI=1S/C23H16ClN5O4S/c24-21-27-22(29-23(28-21)26-17-5-3-6-18(13-17)34(30,31)32)25-16-10-8-14(9-11-16)20-12-15-4-1-2-7-19(15)33-20/h1-13H,(H,30,31,32)(H2,25,26,27,28,29). The summed E-state index contributed by atoms with van der Waals surface area (Å²) in [5.41, 5.74) is 2.79. The highest BCUT2D eigenvalue weighted by molar-refractivity contribution is 7.85. The van der Waals surface area contributed by atoms with Crippen LogP contribution in [-0.2, 0) is 10.1 Å². The van der Waals surface area contributed by atoms with Gasteiger partial charge in [-0.15, -0.1) is 0 Å². The lowest BCUT2D eigenvalue weighted by Gasteiger charge is -2.09. The molecule has 5 aromatic rings. The average Bonchev–Trinajstić information content (AvgIpc) is 3.23. The number of furan rings is 1. The van der Waals surface area contributed by atoms with Crippen LogP contribution in [0.2, 0.25) is 5.28 Å². The van der Waals surface area contributed by atoms with Crippen LogP contribution in [0.15, 0.2) is 88.2 Å². The maximum atomic E-state index is 11.4. The minimum absolute atomic E-state index is 0.0650. The van der Waals surface area contributed by atoms with Crippen molar-refractivity contribution in [1.82, 2.24) is 15.0 Å². The number of nitrogens with one attached hydrogen (secondary N) is 2. The van der Waals surface area contributed by atoms with Crippen molar-refractivity contribution >= 4 is 56.0 Å². The Bertz CT molecular complexity index is 1570. The average molecular weight is 494 g/mol. The molecule has 0 fully saturated rings. The van der Waals surface area contributed by atoms with Gasteiger partial charge in [0, 0.05) is 22.3 Å². The molecule has 0 aliphatic rings. The monoisotopic (exact) mass is 493 g/mol. The molecule has 170 valence electrons. The Hall–Kier alpha value is -3.99. The number of benzene rings is 3. The molecule has 2 aromatic heterocycles. The Kier molecular flexibility index (Phi) is 5.62. The van der Waals surface area contributed by atoms with Crippen LogP contribution in [0.25, 0.3) is 22.3 Å². The summed E-state index contributed by atoms with van der Waals surface area (Å²) in [6.07, 6.45) is 0. The van der Waals surface area contributed by atoms with Gasteiger partial charge < -0.3 is 15.1 Å². The lowest BCUT2D eigenvalue weighted by Crippen LogP contribution is -2.05. The second kappa shape index (κ2) is 8.75. The summed E-state index contributed by atoms with van der Waals surface area (Å²) in [6.45, 7) is 0. The van der Waals surface area contributed by atoms with Gasteiger partial charge in [0.2, 0.25) is 17.2 Å². The van der Waals surface area contributed by atoms with Crippen molar-refractivity contribution in [3.05, 3.63) is 84.1 Å². The molecule has 0 saturated carbocycles. The predicted octanol–water partition coefficient (Wildman–Crippen LogP) is 5.67. The summed E-state index contributed by atoms with van der Waals surface area (Å²) in [5, 5.41) is 6.88. The zero-order valence-electron chi connectivity index (χ0n) is 17.3. The summed E-state index contributed by atoms with van der Waals surface area (Å²) in [7, 11) is -4.34. The van der Waals surface area contributed by atoms with Gasteiger partial charge in [-0.05, 0) is 66.2 Å². The Morgan fingerprint density at radius 2 is 1.50 bits per heavy atom. The molecule has 0 saturated heterocycles. The van der Waals surface area contributed by atoms with E-state index in [1.54, 1.807) is 6.07 Å². The van der Waals surface area contributed by atoms with E-state index in [2.05, 4.69) is 25.6 Å². The first kappa shape index (κ1) is 21.8. The van der Waals surface area contributed by atoms with E-state index in [4.69, 9.17) is 16.0 Å². The van der Waals surface area contributed by atoms with E-state index in [1.165, 1.54) is 18.2 Å². The van der Waals surface area contributed by atoms with Crippen LogP contribution in [0.3, 0.4) is 0 Å². The third kappa shape index (κ3) is 4.84. The summed E-state index contributed by atoms with van der Waals surface area (Å²) >= 11 is 6.04. The second-order valence-corrected chi connectivity index (χ2v) is 8.99. The minimum atomic E-state index is -4.34. The van der Waals surface area contributed by atoms with Crippen molar-refractivity contribution in [2.75, 3.05) is 10.6 Å². The van der Waals surface area contributed by atoms with E-state index in [0.29, 0.717) is 11.4 Å². The maximum absolute atomic E-state index is 11.4. The molecule has 0 aliphatic heterocycles. The minimum Gasteiger partial charge on any atom is -0.456 e. The molecular weight excluding hydrogens is 478 g/mol. The van der Waals surface area contributed by atoms with Gasteiger partial charge in [-0.1, -0.05) is 24.3 Å². The van der Waals surface area contributed by atoms with E-state index in [1.807, 2.05) is 54.6 Å². The molecule has 0 aliphatic carbocycles.